The van der Waals surface area contributed by atoms with Gasteiger partial charge in [-0.3, -0.25) is 9.59 Å². The zero-order valence-electron chi connectivity index (χ0n) is 12.9. The van der Waals surface area contributed by atoms with Crippen LogP contribution >= 0.6 is 11.3 Å². The molecule has 1 aliphatic rings. The number of rotatable bonds is 5. The highest BCUT2D eigenvalue weighted by molar-refractivity contribution is 7.15. The van der Waals surface area contributed by atoms with Gasteiger partial charge in [-0.15, -0.1) is 10.2 Å². The molecule has 1 atom stereocenters. The van der Waals surface area contributed by atoms with Crippen LogP contribution in [0.25, 0.3) is 0 Å². The zero-order valence-corrected chi connectivity index (χ0v) is 13.7. The topological polar surface area (TPSA) is 75.2 Å². The first-order chi connectivity index (χ1) is 11.2. The van der Waals surface area contributed by atoms with Crippen molar-refractivity contribution in [3.8, 4) is 0 Å². The lowest BCUT2D eigenvalue weighted by Gasteiger charge is -2.15. The van der Waals surface area contributed by atoms with Gasteiger partial charge in [0.15, 0.2) is 0 Å². The third-order valence-corrected chi connectivity index (χ3v) is 4.71. The number of aromatic nitrogens is 2. The molecular weight excluding hydrogens is 312 g/mol. The monoisotopic (exact) mass is 330 g/mol. The molecule has 1 fully saturated rings. The Hall–Kier alpha value is -2.28. The lowest BCUT2D eigenvalue weighted by atomic mass is 10.1. The average molecular weight is 330 g/mol. The van der Waals surface area contributed by atoms with Crippen molar-refractivity contribution >= 4 is 34.0 Å². The van der Waals surface area contributed by atoms with Crippen molar-refractivity contribution in [3.63, 3.8) is 0 Å². The van der Waals surface area contributed by atoms with E-state index in [1.165, 1.54) is 11.3 Å². The Bertz CT molecular complexity index is 701. The Morgan fingerprint density at radius 3 is 2.87 bits per heavy atom. The Labute approximate surface area is 138 Å². The first-order valence-electron chi connectivity index (χ1n) is 7.66. The smallest absolute Gasteiger partial charge is 0.227 e. The molecule has 1 N–H and O–H groups in total. The van der Waals surface area contributed by atoms with Gasteiger partial charge in [0.1, 0.15) is 5.01 Å². The summed E-state index contributed by atoms with van der Waals surface area (Å²) >= 11 is 1.35. The maximum Gasteiger partial charge on any atom is 0.227 e. The molecule has 0 aliphatic carbocycles. The summed E-state index contributed by atoms with van der Waals surface area (Å²) in [6, 6.07) is 9.62. The van der Waals surface area contributed by atoms with E-state index in [1.807, 2.05) is 37.3 Å². The molecule has 2 aromatic rings. The van der Waals surface area contributed by atoms with E-state index in [-0.39, 0.29) is 17.7 Å². The molecule has 0 unspecified atom stereocenters. The summed E-state index contributed by atoms with van der Waals surface area (Å²) in [6.07, 6.45) is 1.69. The molecular formula is C16H18N4O2S. The Balaban J connectivity index is 1.68. The number of nitrogens with one attached hydrogen (secondary N) is 1. The second kappa shape index (κ2) is 6.87. The number of hydrogen-bond donors (Lipinski definition) is 1. The van der Waals surface area contributed by atoms with Crippen molar-refractivity contribution < 1.29 is 9.59 Å². The number of nitrogens with zero attached hydrogens (tertiary/aromatic N) is 3. The number of para-hydroxylation sites is 1. The molecule has 3 rings (SSSR count). The van der Waals surface area contributed by atoms with E-state index in [0.717, 1.165) is 17.1 Å². The average Bonchev–Trinajstić information content (AvgIpc) is 3.15. The fraction of sp³-hybridized carbons (Fsp3) is 0.375. The van der Waals surface area contributed by atoms with Crippen LogP contribution in [0.3, 0.4) is 0 Å². The van der Waals surface area contributed by atoms with Crippen LogP contribution in [0, 0.1) is 0 Å². The second-order valence-corrected chi connectivity index (χ2v) is 6.49. The zero-order chi connectivity index (χ0) is 16.2. The number of carbonyl (C=O) groups excluding carboxylic acids is 2. The van der Waals surface area contributed by atoms with Crippen molar-refractivity contribution in [3.05, 3.63) is 35.3 Å². The molecule has 1 aliphatic heterocycles. The van der Waals surface area contributed by atoms with Crippen LogP contribution in [0.1, 0.15) is 37.1 Å². The molecule has 0 bridgehead atoms. The lowest BCUT2D eigenvalue weighted by Crippen LogP contribution is -2.24. The fourth-order valence-electron chi connectivity index (χ4n) is 2.59. The van der Waals surface area contributed by atoms with Gasteiger partial charge in [-0.1, -0.05) is 36.5 Å². The third-order valence-electron chi connectivity index (χ3n) is 3.71. The van der Waals surface area contributed by atoms with Gasteiger partial charge in [0.25, 0.3) is 0 Å². The molecule has 0 saturated carbocycles. The molecule has 23 heavy (non-hydrogen) atoms. The number of carbonyl (C=O) groups is 2. The standard InChI is InChI=1S/C16H18N4O2S/c1-2-6-13(21)17-16-19-18-15(23-16)11-9-14(22)20(10-11)12-7-4-3-5-8-12/h3-5,7-8,11H,2,6,9-10H2,1H3,(H,17,19,21)/t11-/m0/s1. The summed E-state index contributed by atoms with van der Waals surface area (Å²) in [7, 11) is 0. The van der Waals surface area contributed by atoms with Crippen LogP contribution in [-0.4, -0.2) is 28.6 Å². The Kier molecular flexibility index (Phi) is 4.66. The largest absolute Gasteiger partial charge is 0.312 e. The summed E-state index contributed by atoms with van der Waals surface area (Å²) in [6.45, 7) is 2.55. The molecule has 1 saturated heterocycles. The molecule has 120 valence electrons. The molecule has 7 heteroatoms. The van der Waals surface area contributed by atoms with Crippen LogP contribution in [0.2, 0.25) is 0 Å². The molecule has 0 radical (unpaired) electrons. The van der Waals surface area contributed by atoms with Gasteiger partial charge in [0.2, 0.25) is 16.9 Å². The van der Waals surface area contributed by atoms with Gasteiger partial charge in [-0.2, -0.15) is 0 Å². The van der Waals surface area contributed by atoms with Crippen molar-refractivity contribution in [2.45, 2.75) is 32.1 Å². The van der Waals surface area contributed by atoms with Gasteiger partial charge >= 0.3 is 0 Å². The predicted octanol–water partition coefficient (Wildman–Crippen LogP) is 2.80. The van der Waals surface area contributed by atoms with Crippen LogP contribution in [-0.2, 0) is 9.59 Å². The number of amides is 2. The van der Waals surface area contributed by atoms with E-state index >= 15 is 0 Å². The van der Waals surface area contributed by atoms with Crippen molar-refractivity contribution in [2.24, 2.45) is 0 Å². The molecule has 2 heterocycles. The quantitative estimate of drug-likeness (QED) is 0.915. The van der Waals surface area contributed by atoms with Crippen LogP contribution < -0.4 is 10.2 Å². The fourth-order valence-corrected chi connectivity index (χ4v) is 3.44. The third kappa shape index (κ3) is 3.56. The minimum Gasteiger partial charge on any atom is -0.312 e. The van der Waals surface area contributed by atoms with Crippen molar-refractivity contribution in [1.29, 1.82) is 0 Å². The summed E-state index contributed by atoms with van der Waals surface area (Å²) in [5.41, 5.74) is 0.904. The van der Waals surface area contributed by atoms with E-state index < -0.39 is 0 Å². The van der Waals surface area contributed by atoms with Crippen LogP contribution in [0.15, 0.2) is 30.3 Å². The van der Waals surface area contributed by atoms with E-state index in [9.17, 15) is 9.59 Å². The molecule has 2 amide bonds. The predicted molar refractivity (Wildman–Crippen MR) is 89.6 cm³/mol. The molecule has 1 aromatic heterocycles. The SMILES string of the molecule is CCCC(=O)Nc1nnc([C@H]2CC(=O)N(c3ccccc3)C2)s1. The van der Waals surface area contributed by atoms with E-state index in [2.05, 4.69) is 15.5 Å². The van der Waals surface area contributed by atoms with E-state index in [0.29, 0.717) is 24.5 Å². The first kappa shape index (κ1) is 15.6. The highest BCUT2D eigenvalue weighted by Crippen LogP contribution is 2.34. The summed E-state index contributed by atoms with van der Waals surface area (Å²) < 4.78 is 0. The minimum atomic E-state index is -0.0522. The van der Waals surface area contributed by atoms with Crippen LogP contribution in [0.5, 0.6) is 0 Å². The van der Waals surface area contributed by atoms with Gasteiger partial charge in [0.05, 0.1) is 0 Å². The van der Waals surface area contributed by atoms with Gasteiger partial charge in [-0.05, 0) is 18.6 Å². The summed E-state index contributed by atoms with van der Waals surface area (Å²) in [5, 5.41) is 12.2. The molecule has 0 spiro atoms. The van der Waals surface area contributed by atoms with Gasteiger partial charge in [-0.25, -0.2) is 0 Å². The van der Waals surface area contributed by atoms with Crippen LogP contribution in [0.4, 0.5) is 10.8 Å². The van der Waals surface area contributed by atoms with Gasteiger partial charge in [0, 0.05) is 31.0 Å². The Morgan fingerprint density at radius 1 is 1.35 bits per heavy atom. The number of anilines is 2. The number of hydrogen-bond acceptors (Lipinski definition) is 5. The molecule has 6 nitrogen and oxygen atoms in total. The maximum atomic E-state index is 12.2. The first-order valence-corrected chi connectivity index (χ1v) is 8.47. The van der Waals surface area contributed by atoms with Crippen molar-refractivity contribution in [2.75, 3.05) is 16.8 Å². The minimum absolute atomic E-state index is 0.0250. The van der Waals surface area contributed by atoms with Crippen molar-refractivity contribution in [1.82, 2.24) is 10.2 Å². The highest BCUT2D eigenvalue weighted by atomic mass is 32.1. The highest BCUT2D eigenvalue weighted by Gasteiger charge is 2.33. The summed E-state index contributed by atoms with van der Waals surface area (Å²) in [5.74, 6) is 0.0635. The van der Waals surface area contributed by atoms with E-state index in [4.69, 9.17) is 0 Å². The lowest BCUT2D eigenvalue weighted by molar-refractivity contribution is -0.117. The maximum absolute atomic E-state index is 12.2. The summed E-state index contributed by atoms with van der Waals surface area (Å²) in [4.78, 5) is 25.6. The second-order valence-electron chi connectivity index (χ2n) is 5.48. The van der Waals surface area contributed by atoms with Gasteiger partial charge < -0.3 is 10.2 Å². The van der Waals surface area contributed by atoms with E-state index in [1.54, 1.807) is 4.90 Å². The molecule has 1 aromatic carbocycles. The Morgan fingerprint density at radius 2 is 2.13 bits per heavy atom. The number of benzene rings is 1. The normalized spacial score (nSPS) is 17.5.